The molecule has 0 atom stereocenters. The van der Waals surface area contributed by atoms with Crippen LogP contribution in [0.1, 0.15) is 30.3 Å². The van der Waals surface area contributed by atoms with Crippen molar-refractivity contribution >= 4 is 16.8 Å². The molecule has 0 aliphatic rings. The van der Waals surface area contributed by atoms with Crippen LogP contribution in [0.4, 0.5) is 0 Å². The maximum Gasteiger partial charge on any atom is 0.197 e. The van der Waals surface area contributed by atoms with Gasteiger partial charge in [-0.1, -0.05) is 19.1 Å². The van der Waals surface area contributed by atoms with Crippen molar-refractivity contribution in [3.05, 3.63) is 48.6 Å². The highest BCUT2D eigenvalue weighted by Crippen LogP contribution is 2.30. The lowest BCUT2D eigenvalue weighted by molar-refractivity contribution is 0.0955. The Kier molecular flexibility index (Phi) is 2.95. The van der Waals surface area contributed by atoms with E-state index < -0.39 is 0 Å². The molecule has 0 aliphatic carbocycles. The van der Waals surface area contributed by atoms with Crippen molar-refractivity contribution < 1.29 is 13.6 Å². The Morgan fingerprint density at radius 2 is 2.11 bits per heavy atom. The summed E-state index contributed by atoms with van der Waals surface area (Å²) in [5, 5.41) is 1.03. The van der Waals surface area contributed by atoms with Crippen LogP contribution in [0.25, 0.3) is 22.1 Å². The smallest absolute Gasteiger partial charge is 0.197 e. The highest BCUT2D eigenvalue weighted by molar-refractivity contribution is 5.97. The zero-order chi connectivity index (χ0) is 13.2. The van der Waals surface area contributed by atoms with E-state index in [1.54, 1.807) is 18.6 Å². The number of ketones is 1. The topological polar surface area (TPSA) is 43.4 Å². The fraction of sp³-hybridized carbons (Fsp3) is 0.188. The molecule has 3 aromatic rings. The van der Waals surface area contributed by atoms with Crippen molar-refractivity contribution in [2.24, 2.45) is 0 Å². The number of Topliss-reactive ketones (excluding diaryl/α,β-unsaturated/α-hetero) is 1. The van der Waals surface area contributed by atoms with E-state index in [2.05, 4.69) is 0 Å². The van der Waals surface area contributed by atoms with Crippen LogP contribution in [0.2, 0.25) is 0 Å². The highest BCUT2D eigenvalue weighted by Gasteiger charge is 2.13. The first kappa shape index (κ1) is 11.8. The van der Waals surface area contributed by atoms with Crippen LogP contribution in [-0.2, 0) is 0 Å². The summed E-state index contributed by atoms with van der Waals surface area (Å²) in [6.45, 7) is 1.98. The molecule has 3 rings (SSSR count). The Labute approximate surface area is 110 Å². The van der Waals surface area contributed by atoms with E-state index in [4.69, 9.17) is 8.83 Å². The second-order valence-corrected chi connectivity index (χ2v) is 4.51. The molecular formula is C16H14O3. The number of fused-ring (bicyclic) bond motifs is 1. The van der Waals surface area contributed by atoms with Crippen LogP contribution >= 0.6 is 0 Å². The maximum absolute atomic E-state index is 11.8. The molecule has 0 aliphatic heterocycles. The van der Waals surface area contributed by atoms with Crippen molar-refractivity contribution in [1.82, 2.24) is 0 Å². The van der Waals surface area contributed by atoms with Gasteiger partial charge in [-0.2, -0.15) is 0 Å². The summed E-state index contributed by atoms with van der Waals surface area (Å²) >= 11 is 0. The van der Waals surface area contributed by atoms with Crippen molar-refractivity contribution in [1.29, 1.82) is 0 Å². The Bertz CT molecular complexity index is 718. The van der Waals surface area contributed by atoms with Gasteiger partial charge in [0.15, 0.2) is 11.5 Å². The summed E-state index contributed by atoms with van der Waals surface area (Å²) in [4.78, 5) is 11.8. The summed E-state index contributed by atoms with van der Waals surface area (Å²) < 4.78 is 10.8. The van der Waals surface area contributed by atoms with E-state index in [9.17, 15) is 4.79 Å². The lowest BCUT2D eigenvalue weighted by Gasteiger charge is -1.97. The first-order valence-corrected chi connectivity index (χ1v) is 6.38. The Morgan fingerprint density at radius 3 is 2.95 bits per heavy atom. The molecule has 0 spiro atoms. The third-order valence-corrected chi connectivity index (χ3v) is 3.16. The van der Waals surface area contributed by atoms with Crippen molar-refractivity contribution in [2.45, 2.75) is 19.8 Å². The second-order valence-electron chi connectivity index (χ2n) is 4.51. The van der Waals surface area contributed by atoms with E-state index in [1.807, 2.05) is 31.2 Å². The molecule has 0 unspecified atom stereocenters. The van der Waals surface area contributed by atoms with E-state index in [-0.39, 0.29) is 5.78 Å². The van der Waals surface area contributed by atoms with Crippen LogP contribution < -0.4 is 0 Å². The number of carbonyl (C=O) groups excluding carboxylic acids is 1. The molecule has 0 saturated heterocycles. The minimum atomic E-state index is 0.0492. The van der Waals surface area contributed by atoms with Gasteiger partial charge in [0.05, 0.1) is 12.5 Å². The molecular weight excluding hydrogens is 240 g/mol. The van der Waals surface area contributed by atoms with Crippen LogP contribution in [0.15, 0.2) is 51.7 Å². The molecule has 1 aromatic carbocycles. The Balaban J connectivity index is 2.03. The molecule has 2 heterocycles. The van der Waals surface area contributed by atoms with Gasteiger partial charge < -0.3 is 8.83 Å². The average Bonchev–Trinajstić information content (AvgIpc) is 3.07. The fourth-order valence-corrected chi connectivity index (χ4v) is 2.22. The van der Waals surface area contributed by atoms with Gasteiger partial charge in [0.25, 0.3) is 0 Å². The third kappa shape index (κ3) is 2.08. The van der Waals surface area contributed by atoms with Gasteiger partial charge in [0, 0.05) is 17.4 Å². The van der Waals surface area contributed by atoms with Crippen molar-refractivity contribution in [3.8, 4) is 11.1 Å². The first-order chi connectivity index (χ1) is 9.29. The zero-order valence-corrected chi connectivity index (χ0v) is 10.7. The molecule has 3 heteroatoms. The van der Waals surface area contributed by atoms with Crippen molar-refractivity contribution in [2.75, 3.05) is 0 Å². The van der Waals surface area contributed by atoms with E-state index in [0.29, 0.717) is 12.2 Å². The van der Waals surface area contributed by atoms with Gasteiger partial charge in [-0.25, -0.2) is 0 Å². The molecule has 0 amide bonds. The number of furan rings is 2. The lowest BCUT2D eigenvalue weighted by atomic mass is 10.0. The third-order valence-electron chi connectivity index (χ3n) is 3.16. The van der Waals surface area contributed by atoms with Gasteiger partial charge in [-0.05, 0) is 30.2 Å². The summed E-state index contributed by atoms with van der Waals surface area (Å²) in [6, 6.07) is 9.57. The van der Waals surface area contributed by atoms with Gasteiger partial charge in [0.1, 0.15) is 5.58 Å². The van der Waals surface area contributed by atoms with Crippen LogP contribution in [0.5, 0.6) is 0 Å². The van der Waals surface area contributed by atoms with Crippen LogP contribution in [0.3, 0.4) is 0 Å². The van der Waals surface area contributed by atoms with Gasteiger partial charge in [-0.3, -0.25) is 4.79 Å². The van der Waals surface area contributed by atoms with Crippen LogP contribution in [0, 0.1) is 0 Å². The summed E-state index contributed by atoms with van der Waals surface area (Å²) in [7, 11) is 0. The summed E-state index contributed by atoms with van der Waals surface area (Å²) in [5.74, 6) is 0.477. The van der Waals surface area contributed by atoms with Crippen molar-refractivity contribution in [3.63, 3.8) is 0 Å². The average molecular weight is 254 g/mol. The minimum absolute atomic E-state index is 0.0492. The fourth-order valence-electron chi connectivity index (χ4n) is 2.22. The highest BCUT2D eigenvalue weighted by atomic mass is 16.3. The predicted molar refractivity (Wildman–Crippen MR) is 73.2 cm³/mol. The lowest BCUT2D eigenvalue weighted by Crippen LogP contribution is -1.94. The van der Waals surface area contributed by atoms with E-state index >= 15 is 0 Å². The van der Waals surface area contributed by atoms with Crippen LogP contribution in [-0.4, -0.2) is 5.78 Å². The van der Waals surface area contributed by atoms with E-state index in [0.717, 1.165) is 28.5 Å². The molecule has 0 fully saturated rings. The first-order valence-electron chi connectivity index (χ1n) is 6.38. The molecule has 2 aromatic heterocycles. The number of carbonyl (C=O) groups is 1. The molecule has 0 radical (unpaired) electrons. The van der Waals surface area contributed by atoms with E-state index in [1.165, 1.54) is 0 Å². The monoisotopic (exact) mass is 254 g/mol. The molecule has 0 saturated carbocycles. The number of hydrogen-bond acceptors (Lipinski definition) is 3. The maximum atomic E-state index is 11.8. The van der Waals surface area contributed by atoms with Gasteiger partial charge >= 0.3 is 0 Å². The quantitative estimate of drug-likeness (QED) is 0.635. The summed E-state index contributed by atoms with van der Waals surface area (Å²) in [5.41, 5.74) is 2.76. The minimum Gasteiger partial charge on any atom is -0.464 e. The largest absolute Gasteiger partial charge is 0.464 e. The predicted octanol–water partition coefficient (Wildman–Crippen LogP) is 4.68. The Hall–Kier alpha value is -2.29. The zero-order valence-electron chi connectivity index (χ0n) is 10.7. The normalized spacial score (nSPS) is 11.0. The summed E-state index contributed by atoms with van der Waals surface area (Å²) in [6.07, 6.45) is 4.64. The molecule has 19 heavy (non-hydrogen) atoms. The Morgan fingerprint density at radius 1 is 1.21 bits per heavy atom. The SMILES string of the molecule is CCCC(=O)c1cc(-c2cccc3occc23)co1. The molecule has 0 N–H and O–H groups in total. The molecule has 3 nitrogen and oxygen atoms in total. The standard InChI is InChI=1S/C16H14O3/c1-2-4-14(17)16-9-11(10-19-16)12-5-3-6-15-13(12)7-8-18-15/h3,5-10H,2,4H2,1H3. The number of hydrogen-bond donors (Lipinski definition) is 0. The molecule has 96 valence electrons. The number of benzene rings is 1. The second kappa shape index (κ2) is 4.76. The van der Waals surface area contributed by atoms with Gasteiger partial charge in [0.2, 0.25) is 0 Å². The molecule has 0 bridgehead atoms. The van der Waals surface area contributed by atoms with Gasteiger partial charge in [-0.15, -0.1) is 0 Å². The number of rotatable bonds is 4.